The Morgan fingerprint density at radius 3 is 2.62 bits per heavy atom. The Bertz CT molecular complexity index is 1210. The molecule has 2 amide bonds. The molecule has 0 saturated carbocycles. The van der Waals surface area contributed by atoms with Crippen LogP contribution in [0.5, 0.6) is 0 Å². The van der Waals surface area contributed by atoms with E-state index in [1.807, 2.05) is 11.8 Å². The lowest BCUT2D eigenvalue weighted by Crippen LogP contribution is -2.49. The van der Waals surface area contributed by atoms with Crippen molar-refractivity contribution in [2.45, 2.75) is 37.8 Å². The average Bonchev–Trinajstić information content (AvgIpc) is 3.11. The van der Waals surface area contributed by atoms with Crippen molar-refractivity contribution in [3.05, 3.63) is 59.2 Å². The number of aliphatic hydroxyl groups excluding tert-OH is 1. The first kappa shape index (κ1) is 26.4. The van der Waals surface area contributed by atoms with Crippen molar-refractivity contribution in [2.75, 3.05) is 37.0 Å². The fourth-order valence-electron chi connectivity index (χ4n) is 4.67. The number of carbonyl (C=O) groups is 3. The van der Waals surface area contributed by atoms with E-state index in [4.69, 9.17) is 4.74 Å². The first-order valence-electron chi connectivity index (χ1n) is 11.7. The highest BCUT2D eigenvalue weighted by Gasteiger charge is 2.47. The van der Waals surface area contributed by atoms with E-state index in [9.17, 15) is 32.7 Å². The van der Waals surface area contributed by atoms with E-state index in [1.54, 1.807) is 6.07 Å². The van der Waals surface area contributed by atoms with Crippen LogP contribution >= 0.6 is 0 Å². The van der Waals surface area contributed by atoms with Crippen LogP contribution < -0.4 is 15.5 Å². The number of halogens is 3. The molecule has 9 nitrogen and oxygen atoms in total. The first-order chi connectivity index (χ1) is 17.5. The van der Waals surface area contributed by atoms with Crippen molar-refractivity contribution < 1.29 is 37.4 Å². The van der Waals surface area contributed by atoms with E-state index in [2.05, 4.69) is 10.6 Å². The fourth-order valence-corrected chi connectivity index (χ4v) is 4.67. The molecular weight excluding hydrogens is 493 g/mol. The molecule has 12 heteroatoms. The molecule has 2 aliphatic rings. The Labute approximate surface area is 211 Å². The highest BCUT2D eigenvalue weighted by atomic mass is 19.4. The van der Waals surface area contributed by atoms with Gasteiger partial charge in [-0.2, -0.15) is 13.2 Å². The maximum Gasteiger partial charge on any atom is 0.391 e. The van der Waals surface area contributed by atoms with Crippen molar-refractivity contribution in [3.63, 3.8) is 0 Å². The summed E-state index contributed by atoms with van der Waals surface area (Å²) in [6, 6.07) is 8.49. The molecule has 37 heavy (non-hydrogen) atoms. The molecule has 2 aromatic rings. The molecule has 1 fully saturated rings. The van der Waals surface area contributed by atoms with E-state index in [0.29, 0.717) is 23.7 Å². The lowest BCUT2D eigenvalue weighted by Gasteiger charge is -2.34. The molecule has 3 N–H and O–H groups in total. The number of methoxy groups -OCH3 is 1. The van der Waals surface area contributed by atoms with Crippen molar-refractivity contribution in [1.82, 2.24) is 10.2 Å². The average molecular weight is 521 g/mol. The van der Waals surface area contributed by atoms with Crippen LogP contribution in [0.1, 0.15) is 45.9 Å². The van der Waals surface area contributed by atoms with Crippen molar-refractivity contribution >= 4 is 29.2 Å². The lowest BCUT2D eigenvalue weighted by molar-refractivity contribution is -0.158. The van der Waals surface area contributed by atoms with Gasteiger partial charge in [0.05, 0.1) is 24.8 Å². The van der Waals surface area contributed by atoms with Gasteiger partial charge in [-0.05, 0) is 31.2 Å². The lowest BCUT2D eigenvalue weighted by atomic mass is 10.1. The Hall–Kier alpha value is -3.64. The van der Waals surface area contributed by atoms with Gasteiger partial charge < -0.3 is 25.4 Å². The van der Waals surface area contributed by atoms with E-state index in [1.165, 1.54) is 36.4 Å². The summed E-state index contributed by atoms with van der Waals surface area (Å²) in [6.07, 6.45) is -8.26. The van der Waals surface area contributed by atoms with Crippen LogP contribution in [-0.2, 0) is 9.53 Å². The topological polar surface area (TPSA) is 111 Å². The van der Waals surface area contributed by atoms with Gasteiger partial charge in [0.2, 0.25) is 5.91 Å². The van der Waals surface area contributed by atoms with Crippen LogP contribution in [0.25, 0.3) is 0 Å². The zero-order valence-electron chi connectivity index (χ0n) is 20.2. The number of ether oxygens (including phenoxy) is 1. The highest BCUT2D eigenvalue weighted by Crippen LogP contribution is 2.37. The number of nitrogens with one attached hydrogen (secondary N) is 2. The van der Waals surface area contributed by atoms with Crippen molar-refractivity contribution in [2.24, 2.45) is 0 Å². The summed E-state index contributed by atoms with van der Waals surface area (Å²) in [5.74, 6) is -2.90. The fraction of sp³-hybridized carbons (Fsp3) is 0.400. The number of alkyl halides is 3. The molecule has 1 unspecified atom stereocenters. The molecular formula is C25H27F3N4O5. The number of aliphatic hydroxyl groups is 1. The van der Waals surface area contributed by atoms with E-state index < -0.39 is 42.7 Å². The summed E-state index contributed by atoms with van der Waals surface area (Å²) in [5.41, 5.74) is 0.674. The number of rotatable bonds is 6. The van der Waals surface area contributed by atoms with Crippen LogP contribution in [0.2, 0.25) is 0 Å². The summed E-state index contributed by atoms with van der Waals surface area (Å²) in [7, 11) is 1.15. The molecule has 0 aromatic heterocycles. The van der Waals surface area contributed by atoms with Gasteiger partial charge >= 0.3 is 12.1 Å². The quantitative estimate of drug-likeness (QED) is 0.503. The molecule has 4 rings (SSSR count). The predicted molar refractivity (Wildman–Crippen MR) is 128 cm³/mol. The third-order valence-corrected chi connectivity index (χ3v) is 6.43. The minimum atomic E-state index is -4.83. The van der Waals surface area contributed by atoms with E-state index in [-0.39, 0.29) is 28.4 Å². The number of hydrogen-bond acceptors (Lipinski definition) is 7. The number of anilines is 2. The minimum absolute atomic E-state index is 0.0137. The highest BCUT2D eigenvalue weighted by molar-refractivity contribution is 6.06. The maximum atomic E-state index is 13.5. The van der Waals surface area contributed by atoms with Gasteiger partial charge in [-0.25, -0.2) is 4.79 Å². The minimum Gasteiger partial charge on any atom is -0.465 e. The van der Waals surface area contributed by atoms with E-state index >= 15 is 0 Å². The first-order valence-corrected chi connectivity index (χ1v) is 11.7. The monoisotopic (exact) mass is 520 g/mol. The van der Waals surface area contributed by atoms with Gasteiger partial charge in [0.15, 0.2) is 6.23 Å². The van der Waals surface area contributed by atoms with Crippen molar-refractivity contribution in [3.8, 4) is 0 Å². The van der Waals surface area contributed by atoms with Gasteiger partial charge in [-0.15, -0.1) is 0 Å². The van der Waals surface area contributed by atoms with E-state index in [0.717, 1.165) is 13.7 Å². The normalized spacial score (nSPS) is 20.4. The van der Waals surface area contributed by atoms with Crippen LogP contribution in [0, 0.1) is 0 Å². The zero-order chi connectivity index (χ0) is 26.9. The number of piperazine rings is 1. The van der Waals surface area contributed by atoms with Crippen LogP contribution in [0.3, 0.4) is 0 Å². The number of hydrogen-bond donors (Lipinski definition) is 3. The molecule has 0 spiro atoms. The second kappa shape index (κ2) is 10.4. The smallest absolute Gasteiger partial charge is 0.391 e. The Balaban J connectivity index is 1.65. The Kier molecular flexibility index (Phi) is 7.42. The Morgan fingerprint density at radius 1 is 1.24 bits per heavy atom. The largest absolute Gasteiger partial charge is 0.465 e. The maximum absolute atomic E-state index is 13.5. The number of esters is 1. The standard InChI is InChI=1S/C25H27F3N4O5/c1-14-13-31(10-9-29-14)15-7-8-19(18(11-15)24(36)37-2)30-21(33)20(12-25(26,27)28)32-22(34)16-5-3-4-6-17(16)23(32)35/h3-8,11,14,20,22,29,34H,9-10,12-13H2,1-2H3,(H,30,33)/t14-,20-,22?/m0/s1. The molecule has 2 heterocycles. The second-order valence-electron chi connectivity index (χ2n) is 9.02. The van der Waals surface area contributed by atoms with Gasteiger partial charge in [0, 0.05) is 42.5 Å². The zero-order valence-corrected chi connectivity index (χ0v) is 20.2. The molecule has 0 radical (unpaired) electrons. The van der Waals surface area contributed by atoms with Gasteiger partial charge in [0.1, 0.15) is 6.04 Å². The van der Waals surface area contributed by atoms with Crippen molar-refractivity contribution in [1.29, 1.82) is 0 Å². The van der Waals surface area contributed by atoms with Gasteiger partial charge in [0.25, 0.3) is 5.91 Å². The third-order valence-electron chi connectivity index (χ3n) is 6.43. The Morgan fingerprint density at radius 2 is 1.97 bits per heavy atom. The summed E-state index contributed by atoms with van der Waals surface area (Å²) < 4.78 is 45.4. The van der Waals surface area contributed by atoms with Crippen LogP contribution in [0.4, 0.5) is 24.5 Å². The number of nitrogens with zero attached hydrogens (tertiary/aromatic N) is 2. The van der Waals surface area contributed by atoms with Gasteiger partial charge in [-0.1, -0.05) is 18.2 Å². The van der Waals surface area contributed by atoms with Crippen LogP contribution in [0.15, 0.2) is 42.5 Å². The number of fused-ring (bicyclic) bond motifs is 1. The summed E-state index contributed by atoms with van der Waals surface area (Å²) in [4.78, 5) is 41.2. The third kappa shape index (κ3) is 5.54. The molecule has 0 bridgehead atoms. The molecule has 3 atom stereocenters. The summed E-state index contributed by atoms with van der Waals surface area (Å²) in [6.45, 7) is 4.06. The molecule has 198 valence electrons. The molecule has 2 aliphatic heterocycles. The summed E-state index contributed by atoms with van der Waals surface area (Å²) >= 11 is 0. The molecule has 2 aromatic carbocycles. The van der Waals surface area contributed by atoms with Gasteiger partial charge in [-0.3, -0.25) is 14.5 Å². The SMILES string of the molecule is COC(=O)c1cc(N2CCN[C@@H](C)C2)ccc1NC(=O)[C@H](CC(F)(F)F)N1C(=O)c2ccccc2C1O. The number of carbonyl (C=O) groups excluding carboxylic acids is 3. The summed E-state index contributed by atoms with van der Waals surface area (Å²) in [5, 5.41) is 16.3. The number of amides is 2. The second-order valence-corrected chi connectivity index (χ2v) is 9.02. The molecule has 1 saturated heterocycles. The number of benzene rings is 2. The van der Waals surface area contributed by atoms with Crippen LogP contribution in [-0.4, -0.2) is 72.8 Å². The predicted octanol–water partition coefficient (Wildman–Crippen LogP) is 2.68. The molecule has 0 aliphatic carbocycles.